The number of phosphoric ester groups is 1. The lowest BCUT2D eigenvalue weighted by atomic mass is 10.0. The summed E-state index contributed by atoms with van der Waals surface area (Å²) < 4.78 is 32.5. The summed E-state index contributed by atoms with van der Waals surface area (Å²) in [5.41, 5.74) is 5.32. The number of rotatable bonds is 36. The van der Waals surface area contributed by atoms with Crippen molar-refractivity contribution in [3.63, 3.8) is 0 Å². The minimum absolute atomic E-state index is 0.0130. The Balaban J connectivity index is 4.46. The monoisotopic (exact) mass is 757 g/mol. The molecule has 12 heteroatoms. The molecule has 0 fully saturated rings. The number of phosphoric acid groups is 1. The van der Waals surface area contributed by atoms with Crippen molar-refractivity contribution in [2.75, 3.05) is 26.4 Å². The number of hydrogen-bond donors (Lipinski definition) is 4. The van der Waals surface area contributed by atoms with Gasteiger partial charge in [0.1, 0.15) is 6.61 Å². The molecule has 0 saturated carbocycles. The van der Waals surface area contributed by atoms with Crippen LogP contribution < -0.4 is 5.73 Å². The first-order valence-corrected chi connectivity index (χ1v) is 21.3. The molecule has 0 aliphatic rings. The fraction of sp³-hybridized carbons (Fsp3) is 0.750. The molecular formula is C40H72NO10P. The van der Waals surface area contributed by atoms with Crippen LogP contribution in [0.4, 0.5) is 0 Å². The molecule has 0 aliphatic heterocycles. The van der Waals surface area contributed by atoms with Crippen LogP contribution >= 0.6 is 7.82 Å². The van der Waals surface area contributed by atoms with E-state index in [9.17, 15) is 29.3 Å². The Morgan fingerprint density at radius 1 is 0.654 bits per heavy atom. The van der Waals surface area contributed by atoms with Crippen molar-refractivity contribution in [1.29, 1.82) is 0 Å². The molecule has 0 radical (unpaired) electrons. The van der Waals surface area contributed by atoms with Gasteiger partial charge in [0.15, 0.2) is 6.10 Å². The molecule has 0 amide bonds. The predicted octanol–water partition coefficient (Wildman–Crippen LogP) is 8.71. The molecule has 0 aromatic carbocycles. The first kappa shape index (κ1) is 49.9. The minimum Gasteiger partial charge on any atom is -0.462 e. The van der Waals surface area contributed by atoms with Gasteiger partial charge in [0.05, 0.1) is 25.4 Å². The van der Waals surface area contributed by atoms with Gasteiger partial charge in [-0.05, 0) is 51.4 Å². The number of nitrogens with two attached hydrogens (primary N) is 1. The third-order valence-corrected chi connectivity index (χ3v) is 9.16. The Labute approximate surface area is 314 Å². The maximum Gasteiger partial charge on any atom is 0.472 e. The van der Waals surface area contributed by atoms with Gasteiger partial charge in [-0.15, -0.1) is 0 Å². The van der Waals surface area contributed by atoms with E-state index in [1.54, 1.807) is 0 Å². The van der Waals surface area contributed by atoms with Gasteiger partial charge in [-0.25, -0.2) is 4.57 Å². The van der Waals surface area contributed by atoms with Gasteiger partial charge < -0.3 is 30.3 Å². The predicted molar refractivity (Wildman–Crippen MR) is 209 cm³/mol. The smallest absolute Gasteiger partial charge is 0.462 e. The van der Waals surface area contributed by atoms with Crippen LogP contribution in [0.3, 0.4) is 0 Å². The molecule has 0 aromatic rings. The molecule has 11 nitrogen and oxygen atoms in total. The van der Waals surface area contributed by atoms with Crippen molar-refractivity contribution in [2.24, 2.45) is 5.73 Å². The first-order chi connectivity index (χ1) is 25.1. The van der Waals surface area contributed by atoms with Gasteiger partial charge in [0.25, 0.3) is 0 Å². The van der Waals surface area contributed by atoms with Crippen LogP contribution in [0.2, 0.25) is 0 Å². The Hall–Kier alpha value is -2.11. The first-order valence-electron chi connectivity index (χ1n) is 19.8. The Kier molecular flexibility index (Phi) is 34.4. The van der Waals surface area contributed by atoms with Crippen molar-refractivity contribution in [3.8, 4) is 0 Å². The van der Waals surface area contributed by atoms with Gasteiger partial charge in [-0.1, -0.05) is 133 Å². The second kappa shape index (κ2) is 35.9. The van der Waals surface area contributed by atoms with Crippen molar-refractivity contribution in [2.45, 2.75) is 167 Å². The number of carbonyl (C=O) groups excluding carboxylic acids is 2. The van der Waals surface area contributed by atoms with E-state index in [1.165, 1.54) is 51.4 Å². The van der Waals surface area contributed by atoms with Gasteiger partial charge in [-0.2, -0.15) is 0 Å². The highest BCUT2D eigenvalue weighted by Crippen LogP contribution is 2.43. The largest absolute Gasteiger partial charge is 0.472 e. The summed E-state index contributed by atoms with van der Waals surface area (Å²) in [6, 6.07) is 0. The molecule has 0 aromatic heterocycles. The maximum absolute atomic E-state index is 12.5. The van der Waals surface area contributed by atoms with Gasteiger partial charge in [-0.3, -0.25) is 18.6 Å². The summed E-state index contributed by atoms with van der Waals surface area (Å²) >= 11 is 0. The number of aliphatic hydroxyl groups is 2. The van der Waals surface area contributed by atoms with Crippen LogP contribution in [0.25, 0.3) is 0 Å². The second-order valence-corrected chi connectivity index (χ2v) is 14.5. The van der Waals surface area contributed by atoms with Crippen LogP contribution in [0.1, 0.15) is 149 Å². The highest BCUT2D eigenvalue weighted by Gasteiger charge is 2.26. The maximum atomic E-state index is 12.5. The summed E-state index contributed by atoms with van der Waals surface area (Å²) in [7, 11) is -4.44. The minimum atomic E-state index is -4.44. The molecule has 4 atom stereocenters. The molecule has 0 aliphatic carbocycles. The Morgan fingerprint density at radius 2 is 1.17 bits per heavy atom. The standard InChI is InChI=1S/C40H72NO10P/c1-3-5-7-9-11-13-15-17-19-21-23-25-28-37(42)38(43)29-27-31-39(44)48-34-36(35-50-52(46,47)49-33-32-41)51-40(45)30-26-24-22-20-18-16-14-12-10-8-6-4-2/h5,7,11,13,17,19,23,25,36-38,42-43H,3-4,6,8-10,12,14-16,18,20-22,24,26-35,41H2,1-2H3,(H,46,47)/b7-5-,13-11-,19-17-,25-23-/t36-,37+,38+/m1/s1. The van der Waals surface area contributed by atoms with E-state index < -0.39 is 44.7 Å². The topological polar surface area (TPSA) is 175 Å². The summed E-state index contributed by atoms with van der Waals surface area (Å²) in [4.78, 5) is 34.8. The summed E-state index contributed by atoms with van der Waals surface area (Å²) in [6.45, 7) is 3.26. The lowest BCUT2D eigenvalue weighted by molar-refractivity contribution is -0.161. The molecule has 0 spiro atoms. The molecule has 5 N–H and O–H groups in total. The third kappa shape index (κ3) is 33.7. The number of carbonyl (C=O) groups is 2. The van der Waals surface area contributed by atoms with Crippen molar-refractivity contribution in [3.05, 3.63) is 48.6 Å². The van der Waals surface area contributed by atoms with Crippen molar-refractivity contribution >= 4 is 19.8 Å². The van der Waals surface area contributed by atoms with Crippen LogP contribution in [-0.4, -0.2) is 71.7 Å². The van der Waals surface area contributed by atoms with E-state index in [4.69, 9.17) is 24.3 Å². The van der Waals surface area contributed by atoms with E-state index in [0.29, 0.717) is 12.8 Å². The zero-order valence-corrected chi connectivity index (χ0v) is 33.1. The van der Waals surface area contributed by atoms with Gasteiger partial charge in [0, 0.05) is 19.4 Å². The number of unbranched alkanes of at least 4 members (excludes halogenated alkanes) is 11. The fourth-order valence-electron chi connectivity index (χ4n) is 5.13. The molecule has 1 unspecified atom stereocenters. The molecule has 302 valence electrons. The van der Waals surface area contributed by atoms with Crippen LogP contribution in [-0.2, 0) is 32.7 Å². The Morgan fingerprint density at radius 3 is 1.73 bits per heavy atom. The molecule has 52 heavy (non-hydrogen) atoms. The number of ether oxygens (including phenoxy) is 2. The molecule has 0 bridgehead atoms. The quantitative estimate of drug-likeness (QED) is 0.0208. The number of aliphatic hydroxyl groups excluding tert-OH is 2. The lowest BCUT2D eigenvalue weighted by Gasteiger charge is -2.20. The summed E-state index contributed by atoms with van der Waals surface area (Å²) in [5.74, 6) is -1.12. The summed E-state index contributed by atoms with van der Waals surface area (Å²) in [6.07, 6.45) is 31.8. The molecule has 0 rings (SSSR count). The van der Waals surface area contributed by atoms with E-state index >= 15 is 0 Å². The van der Waals surface area contributed by atoms with Crippen molar-refractivity contribution in [1.82, 2.24) is 0 Å². The van der Waals surface area contributed by atoms with Gasteiger partial charge in [0.2, 0.25) is 0 Å². The normalized spacial score (nSPS) is 15.1. The van der Waals surface area contributed by atoms with E-state index in [1.807, 2.05) is 18.2 Å². The average molecular weight is 758 g/mol. The summed E-state index contributed by atoms with van der Waals surface area (Å²) in [5, 5.41) is 20.6. The second-order valence-electron chi connectivity index (χ2n) is 13.1. The Bertz CT molecular complexity index is 1030. The fourth-order valence-corrected chi connectivity index (χ4v) is 5.90. The molecule has 0 heterocycles. The average Bonchev–Trinajstić information content (AvgIpc) is 3.12. The van der Waals surface area contributed by atoms with Crippen molar-refractivity contribution < 1.29 is 47.8 Å². The number of esters is 2. The molecule has 0 saturated heterocycles. The molecular weight excluding hydrogens is 685 g/mol. The van der Waals surface area contributed by atoms with Crippen LogP contribution in [0.5, 0.6) is 0 Å². The van der Waals surface area contributed by atoms with E-state index in [0.717, 1.165) is 44.9 Å². The SMILES string of the molecule is CC/C=C\C/C=C\C/C=C\C/C=C\C[C@H](O)[C@@H](O)CCCC(=O)OC[C@H](COP(=O)(O)OCCN)OC(=O)CCCCCCCCCCCCCC. The zero-order valence-electron chi connectivity index (χ0n) is 32.3. The third-order valence-electron chi connectivity index (χ3n) is 8.18. The number of hydrogen-bond acceptors (Lipinski definition) is 10. The van der Waals surface area contributed by atoms with Crippen LogP contribution in [0, 0.1) is 0 Å². The highest BCUT2D eigenvalue weighted by molar-refractivity contribution is 7.47. The zero-order chi connectivity index (χ0) is 38.5. The number of allylic oxidation sites excluding steroid dienone is 7. The van der Waals surface area contributed by atoms with Crippen LogP contribution in [0.15, 0.2) is 48.6 Å². The van der Waals surface area contributed by atoms with Gasteiger partial charge >= 0.3 is 19.8 Å². The lowest BCUT2D eigenvalue weighted by Crippen LogP contribution is -2.30. The van der Waals surface area contributed by atoms with E-state index in [2.05, 4.69) is 44.2 Å². The van der Waals surface area contributed by atoms with E-state index in [-0.39, 0.29) is 45.4 Å². The highest BCUT2D eigenvalue weighted by atomic mass is 31.2.